The van der Waals surface area contributed by atoms with Crippen molar-refractivity contribution in [2.75, 3.05) is 19.8 Å². The Morgan fingerprint density at radius 1 is 1.27 bits per heavy atom. The molecule has 1 aromatic carbocycles. The fourth-order valence-electron chi connectivity index (χ4n) is 2.93. The third kappa shape index (κ3) is 3.99. The zero-order valence-electron chi connectivity index (χ0n) is 12.8. The van der Waals surface area contributed by atoms with E-state index in [1.165, 1.54) is 0 Å². The number of hydrogen-bond acceptors (Lipinski definition) is 3. The Balaban J connectivity index is 1.53. The van der Waals surface area contributed by atoms with E-state index in [0.29, 0.717) is 32.0 Å². The molecule has 1 aliphatic carbocycles. The highest BCUT2D eigenvalue weighted by Crippen LogP contribution is 2.40. The van der Waals surface area contributed by atoms with Gasteiger partial charge in [0, 0.05) is 32.6 Å². The minimum absolute atomic E-state index is 0.0607. The first-order chi connectivity index (χ1) is 10.7. The molecule has 2 fully saturated rings. The Hall–Kier alpha value is -1.59. The van der Waals surface area contributed by atoms with Crippen LogP contribution in [0.2, 0.25) is 0 Å². The molecule has 0 radical (unpaired) electrons. The summed E-state index contributed by atoms with van der Waals surface area (Å²) in [7, 11) is 0. The number of aliphatic hydroxyl groups is 1. The zero-order chi connectivity index (χ0) is 15.4. The molecule has 0 spiro atoms. The Bertz CT molecular complexity index is 496. The van der Waals surface area contributed by atoms with Gasteiger partial charge in [0.15, 0.2) is 0 Å². The Labute approximate surface area is 131 Å². The zero-order valence-corrected chi connectivity index (χ0v) is 12.8. The number of rotatable bonds is 5. The number of ether oxygens (including phenoxy) is 1. The van der Waals surface area contributed by atoms with Crippen LogP contribution in [0.25, 0.3) is 0 Å². The number of carbonyl (C=O) groups excluding carboxylic acids is 1. The summed E-state index contributed by atoms with van der Waals surface area (Å²) in [4.78, 5) is 12.2. The number of carbonyl (C=O) groups is 1. The highest BCUT2D eigenvalue weighted by atomic mass is 16.5. The van der Waals surface area contributed by atoms with Crippen molar-refractivity contribution in [2.45, 2.75) is 37.3 Å². The van der Waals surface area contributed by atoms with Gasteiger partial charge in [-0.05, 0) is 24.3 Å². The van der Waals surface area contributed by atoms with Gasteiger partial charge in [-0.1, -0.05) is 30.3 Å². The molecule has 1 atom stereocenters. The molecule has 0 bridgehead atoms. The van der Waals surface area contributed by atoms with Crippen LogP contribution in [0.4, 0.5) is 4.79 Å². The first-order valence-electron chi connectivity index (χ1n) is 8.06. The minimum atomic E-state index is -0.836. The maximum absolute atomic E-state index is 12.2. The summed E-state index contributed by atoms with van der Waals surface area (Å²) in [6, 6.07) is 9.93. The van der Waals surface area contributed by atoms with Crippen molar-refractivity contribution in [3.05, 3.63) is 35.9 Å². The van der Waals surface area contributed by atoms with Crippen LogP contribution in [0, 0.1) is 5.92 Å². The Kier molecular flexibility index (Phi) is 4.64. The van der Waals surface area contributed by atoms with E-state index < -0.39 is 5.60 Å². The van der Waals surface area contributed by atoms with E-state index in [1.54, 1.807) is 0 Å². The van der Waals surface area contributed by atoms with Gasteiger partial charge in [-0.15, -0.1) is 0 Å². The topological polar surface area (TPSA) is 70.6 Å². The molecule has 2 aliphatic rings. The summed E-state index contributed by atoms with van der Waals surface area (Å²) in [5.41, 5.74) is 0.308. The second-order valence-electron chi connectivity index (χ2n) is 6.39. The molecule has 1 saturated carbocycles. The van der Waals surface area contributed by atoms with Gasteiger partial charge in [0.25, 0.3) is 0 Å². The van der Waals surface area contributed by atoms with Crippen molar-refractivity contribution in [3.63, 3.8) is 0 Å². The summed E-state index contributed by atoms with van der Waals surface area (Å²) in [5, 5.41) is 16.3. The molecule has 1 heterocycles. The van der Waals surface area contributed by atoms with Crippen LogP contribution in [0.3, 0.4) is 0 Å². The maximum Gasteiger partial charge on any atom is 0.315 e. The summed E-state index contributed by atoms with van der Waals surface area (Å²) >= 11 is 0. The van der Waals surface area contributed by atoms with Gasteiger partial charge in [0.05, 0.1) is 11.6 Å². The van der Waals surface area contributed by atoms with Crippen LogP contribution in [0.1, 0.15) is 37.3 Å². The average molecular weight is 304 g/mol. The minimum Gasteiger partial charge on any atom is -0.388 e. The van der Waals surface area contributed by atoms with Crippen molar-refractivity contribution in [3.8, 4) is 0 Å². The van der Waals surface area contributed by atoms with Gasteiger partial charge in [-0.2, -0.15) is 0 Å². The molecule has 1 unspecified atom stereocenters. The molecular weight excluding hydrogens is 280 g/mol. The lowest BCUT2D eigenvalue weighted by atomic mass is 9.94. The molecule has 3 rings (SSSR count). The number of urea groups is 1. The van der Waals surface area contributed by atoms with Gasteiger partial charge in [-0.25, -0.2) is 4.79 Å². The average Bonchev–Trinajstić information content (AvgIpc) is 3.37. The number of hydrogen-bond donors (Lipinski definition) is 3. The first-order valence-corrected chi connectivity index (χ1v) is 8.06. The lowest BCUT2D eigenvalue weighted by Gasteiger charge is -2.32. The van der Waals surface area contributed by atoms with Crippen LogP contribution in [-0.2, 0) is 4.74 Å². The van der Waals surface area contributed by atoms with E-state index >= 15 is 0 Å². The van der Waals surface area contributed by atoms with Crippen molar-refractivity contribution in [1.29, 1.82) is 0 Å². The van der Waals surface area contributed by atoms with Crippen molar-refractivity contribution >= 4 is 6.03 Å². The second kappa shape index (κ2) is 6.67. The maximum atomic E-state index is 12.2. The quantitative estimate of drug-likeness (QED) is 0.779. The molecule has 120 valence electrons. The van der Waals surface area contributed by atoms with Crippen LogP contribution in [-0.4, -0.2) is 36.5 Å². The molecule has 1 aromatic rings. The van der Waals surface area contributed by atoms with Crippen molar-refractivity contribution in [1.82, 2.24) is 10.6 Å². The monoisotopic (exact) mass is 304 g/mol. The van der Waals surface area contributed by atoms with Gasteiger partial charge in [-0.3, -0.25) is 0 Å². The van der Waals surface area contributed by atoms with Gasteiger partial charge >= 0.3 is 6.03 Å². The van der Waals surface area contributed by atoms with E-state index in [1.807, 2.05) is 18.2 Å². The summed E-state index contributed by atoms with van der Waals surface area (Å²) in [6.45, 7) is 1.37. The number of benzene rings is 1. The molecular formula is C17H24N2O3. The molecule has 1 aliphatic heterocycles. The smallest absolute Gasteiger partial charge is 0.315 e. The molecule has 5 heteroatoms. The third-order valence-electron chi connectivity index (χ3n) is 4.54. The van der Waals surface area contributed by atoms with Gasteiger partial charge in [0.1, 0.15) is 0 Å². The molecule has 0 aromatic heterocycles. The fourth-order valence-corrected chi connectivity index (χ4v) is 2.93. The summed E-state index contributed by atoms with van der Waals surface area (Å²) < 4.78 is 5.25. The predicted octanol–water partition coefficient (Wildman–Crippen LogP) is 1.98. The fraction of sp³-hybridized carbons (Fsp3) is 0.588. The molecule has 2 amide bonds. The van der Waals surface area contributed by atoms with Crippen LogP contribution in [0.5, 0.6) is 0 Å². The second-order valence-corrected chi connectivity index (χ2v) is 6.39. The third-order valence-corrected chi connectivity index (χ3v) is 4.54. The highest BCUT2D eigenvalue weighted by molar-refractivity contribution is 5.74. The SMILES string of the molecule is O=C(NCC1(O)CCOCC1)NC(c1ccccc1)C1CC1. The van der Waals surface area contributed by atoms with Crippen molar-refractivity contribution in [2.24, 2.45) is 5.92 Å². The lowest BCUT2D eigenvalue weighted by Crippen LogP contribution is -2.49. The number of nitrogens with one attached hydrogen (secondary N) is 2. The standard InChI is InChI=1S/C17H24N2O3/c20-16(18-12-17(21)8-10-22-11-9-17)19-15(14-6-7-14)13-4-2-1-3-5-13/h1-5,14-15,21H,6-12H2,(H2,18,19,20). The summed E-state index contributed by atoms with van der Waals surface area (Å²) in [6.07, 6.45) is 3.44. The van der Waals surface area contributed by atoms with E-state index in [-0.39, 0.29) is 18.6 Å². The molecule has 3 N–H and O–H groups in total. The molecule has 1 saturated heterocycles. The van der Waals surface area contributed by atoms with E-state index in [0.717, 1.165) is 18.4 Å². The number of amides is 2. The predicted molar refractivity (Wildman–Crippen MR) is 83.4 cm³/mol. The first kappa shape index (κ1) is 15.3. The summed E-state index contributed by atoms with van der Waals surface area (Å²) in [5.74, 6) is 0.527. The largest absolute Gasteiger partial charge is 0.388 e. The molecule has 22 heavy (non-hydrogen) atoms. The van der Waals surface area contributed by atoms with Crippen LogP contribution < -0.4 is 10.6 Å². The Morgan fingerprint density at radius 2 is 1.95 bits per heavy atom. The van der Waals surface area contributed by atoms with Crippen LogP contribution in [0.15, 0.2) is 30.3 Å². The van der Waals surface area contributed by atoms with Gasteiger partial charge < -0.3 is 20.5 Å². The van der Waals surface area contributed by atoms with Crippen LogP contribution >= 0.6 is 0 Å². The Morgan fingerprint density at radius 3 is 2.59 bits per heavy atom. The van der Waals surface area contributed by atoms with E-state index in [2.05, 4.69) is 22.8 Å². The normalized spacial score (nSPS) is 21.9. The molecule has 5 nitrogen and oxygen atoms in total. The lowest BCUT2D eigenvalue weighted by molar-refractivity contribution is -0.0600. The highest BCUT2D eigenvalue weighted by Gasteiger charge is 2.34. The van der Waals surface area contributed by atoms with E-state index in [9.17, 15) is 9.90 Å². The van der Waals surface area contributed by atoms with Crippen molar-refractivity contribution < 1.29 is 14.6 Å². The van der Waals surface area contributed by atoms with Gasteiger partial charge in [0.2, 0.25) is 0 Å². The van der Waals surface area contributed by atoms with E-state index in [4.69, 9.17) is 4.74 Å².